The van der Waals surface area contributed by atoms with Gasteiger partial charge in [-0.2, -0.15) is 5.26 Å². The Morgan fingerprint density at radius 1 is 1.07 bits per heavy atom. The lowest BCUT2D eigenvalue weighted by Crippen LogP contribution is -2.42. The molecule has 0 aliphatic carbocycles. The van der Waals surface area contributed by atoms with Crippen LogP contribution in [0.2, 0.25) is 18.1 Å². The quantitative estimate of drug-likeness (QED) is 0.154. The normalized spacial score (nSPS) is 12.5. The number of methoxy groups -OCH3 is 1. The molecule has 8 nitrogen and oxygen atoms in total. The molecule has 0 bridgehead atoms. The Morgan fingerprint density at radius 2 is 1.78 bits per heavy atom. The highest BCUT2D eigenvalue weighted by Gasteiger charge is 2.42. The molecule has 0 aliphatic rings. The number of nitrogens with one attached hydrogen (secondary N) is 1. The summed E-state index contributed by atoms with van der Waals surface area (Å²) in [5, 5.41) is 17.3. The average molecular weight is 639 g/mol. The molecule has 5 aromatic rings. The van der Waals surface area contributed by atoms with Gasteiger partial charge in [0, 0.05) is 17.7 Å². The van der Waals surface area contributed by atoms with E-state index in [0.29, 0.717) is 23.6 Å². The van der Waals surface area contributed by atoms with Gasteiger partial charge in [-0.1, -0.05) is 63.8 Å². The Hall–Kier alpha value is -4.92. The minimum absolute atomic E-state index is 0.106. The highest BCUT2D eigenvalue weighted by atomic mass is 28.4. The van der Waals surface area contributed by atoms with Crippen molar-refractivity contribution in [2.24, 2.45) is 0 Å². The minimum atomic E-state index is -2.52. The van der Waals surface area contributed by atoms with Crippen molar-refractivity contribution >= 4 is 25.9 Å². The van der Waals surface area contributed by atoms with E-state index in [1.54, 1.807) is 43.6 Å². The second kappa shape index (κ2) is 12.8. The van der Waals surface area contributed by atoms with E-state index in [2.05, 4.69) is 45.8 Å². The molecule has 11 heteroatoms. The Labute approximate surface area is 268 Å². The maximum Gasteiger partial charge on any atom is 0.198 e. The van der Waals surface area contributed by atoms with E-state index in [0.717, 1.165) is 11.3 Å². The van der Waals surface area contributed by atoms with Crippen LogP contribution in [0.5, 0.6) is 5.75 Å². The highest BCUT2D eigenvalue weighted by molar-refractivity contribution is 6.74. The van der Waals surface area contributed by atoms with Crippen LogP contribution in [0, 0.1) is 23.0 Å². The summed E-state index contributed by atoms with van der Waals surface area (Å²) in [6, 6.07) is 18.7. The third kappa shape index (κ3) is 6.40. The fourth-order valence-corrected chi connectivity index (χ4v) is 5.90. The summed E-state index contributed by atoms with van der Waals surface area (Å²) >= 11 is 0. The van der Waals surface area contributed by atoms with Gasteiger partial charge in [-0.05, 0) is 59.6 Å². The summed E-state index contributed by atoms with van der Waals surface area (Å²) in [5.41, 5.74) is 2.37. The molecule has 0 saturated carbocycles. The molecule has 3 aromatic carbocycles. The first-order valence-electron chi connectivity index (χ1n) is 14.8. The zero-order valence-electron chi connectivity index (χ0n) is 26.7. The predicted molar refractivity (Wildman–Crippen MR) is 178 cm³/mol. The van der Waals surface area contributed by atoms with Gasteiger partial charge in [0.1, 0.15) is 29.6 Å². The van der Waals surface area contributed by atoms with Crippen LogP contribution in [-0.4, -0.2) is 35.0 Å². The van der Waals surface area contributed by atoms with Crippen LogP contribution < -0.4 is 10.1 Å². The Bertz CT molecular complexity index is 1940. The first-order chi connectivity index (χ1) is 21.9. The van der Waals surface area contributed by atoms with Crippen molar-refractivity contribution in [3.05, 3.63) is 113 Å². The number of halogens is 2. The number of aromatic nitrogens is 4. The number of fused-ring (bicyclic) bond motifs is 1. The van der Waals surface area contributed by atoms with Crippen LogP contribution in [0.4, 0.5) is 14.6 Å². The highest BCUT2D eigenvalue weighted by Crippen LogP contribution is 2.42. The van der Waals surface area contributed by atoms with Gasteiger partial charge in [0.05, 0.1) is 24.6 Å². The van der Waals surface area contributed by atoms with Crippen molar-refractivity contribution in [3.8, 4) is 23.1 Å². The lowest BCUT2D eigenvalue weighted by Gasteiger charge is -2.39. The van der Waals surface area contributed by atoms with Crippen molar-refractivity contribution in [3.63, 3.8) is 0 Å². The molecular formula is C35H36F2N6O2Si. The third-order valence-corrected chi connectivity index (χ3v) is 12.8. The minimum Gasteiger partial charge on any atom is -0.497 e. The van der Waals surface area contributed by atoms with Crippen LogP contribution in [-0.2, 0) is 11.0 Å². The fraction of sp³-hybridized carbons (Fsp3) is 0.257. The maximum atomic E-state index is 15.7. The second-order valence-electron chi connectivity index (χ2n) is 12.4. The summed E-state index contributed by atoms with van der Waals surface area (Å²) < 4.78 is 44.7. The van der Waals surface area contributed by atoms with E-state index in [1.807, 2.05) is 30.3 Å². The van der Waals surface area contributed by atoms with Gasteiger partial charge in [-0.25, -0.2) is 23.3 Å². The molecular weight excluding hydrogens is 603 g/mol. The molecule has 0 amide bonds. The first kappa shape index (κ1) is 32.5. The number of rotatable bonds is 10. The van der Waals surface area contributed by atoms with E-state index >= 15 is 8.78 Å². The van der Waals surface area contributed by atoms with Crippen molar-refractivity contribution in [1.82, 2.24) is 19.6 Å². The number of hydrogen-bond donors (Lipinski definition) is 1. The summed E-state index contributed by atoms with van der Waals surface area (Å²) in [7, 11) is -0.914. The summed E-state index contributed by atoms with van der Waals surface area (Å²) in [4.78, 5) is 9.60. The van der Waals surface area contributed by atoms with Crippen LogP contribution in [0.15, 0.2) is 73.4 Å². The van der Waals surface area contributed by atoms with Crippen LogP contribution in [0.3, 0.4) is 0 Å². The van der Waals surface area contributed by atoms with E-state index < -0.39 is 26.1 Å². The molecule has 2 aromatic heterocycles. The molecule has 1 N–H and O–H groups in total. The van der Waals surface area contributed by atoms with Crippen LogP contribution in [0.1, 0.15) is 55.0 Å². The number of ether oxygens (including phenoxy) is 1. The predicted octanol–water partition coefficient (Wildman–Crippen LogP) is 8.32. The van der Waals surface area contributed by atoms with Crippen molar-refractivity contribution in [2.45, 2.75) is 51.6 Å². The largest absolute Gasteiger partial charge is 0.497 e. The van der Waals surface area contributed by atoms with Gasteiger partial charge in [0.25, 0.3) is 0 Å². The molecule has 1 unspecified atom stereocenters. The topological polar surface area (TPSA) is 97.4 Å². The Balaban J connectivity index is 1.70. The second-order valence-corrected chi connectivity index (χ2v) is 17.2. The lowest BCUT2D eigenvalue weighted by atomic mass is 10.0. The average Bonchev–Trinajstić information content (AvgIpc) is 3.46. The number of hydrogen-bond acceptors (Lipinski definition) is 7. The number of anilines is 1. The number of benzene rings is 3. The summed E-state index contributed by atoms with van der Waals surface area (Å²) in [6.07, 6.45) is 2.16. The molecule has 0 spiro atoms. The Kier molecular flexibility index (Phi) is 9.05. The summed E-state index contributed by atoms with van der Waals surface area (Å²) in [6.45, 7) is 14.7. The standard InChI is InChI=1S/C35H36F2N6O2Si/c1-8-23-11-10-14-27(36)29(23)31(45-46(6,7)35(2,3)4)32-41-34-33(39-20-22-15-17-25(44-5)18-16-22)40-28(21-43(34)42-32)26-13-9-12-24(19-38)30(26)37/h8-18,21,31H,1,20H2,2-7H3,(H,39,40). The third-order valence-electron chi connectivity index (χ3n) is 8.37. The SMILES string of the molecule is C=Cc1cccc(F)c1C(O[Si](C)(C)C(C)(C)C)c1nc2c(NCc3ccc(OC)cc3)nc(-c3cccc(C#N)c3F)cn2n1. The van der Waals surface area contributed by atoms with Gasteiger partial charge in [0.2, 0.25) is 0 Å². The fourth-order valence-electron chi connectivity index (χ4n) is 4.73. The molecule has 236 valence electrons. The molecule has 1 atom stereocenters. The van der Waals surface area contributed by atoms with Gasteiger partial charge < -0.3 is 14.5 Å². The number of nitriles is 1. The lowest BCUT2D eigenvalue weighted by molar-refractivity contribution is 0.208. The van der Waals surface area contributed by atoms with Gasteiger partial charge in [-0.15, -0.1) is 5.10 Å². The molecule has 5 rings (SSSR count). The molecule has 0 aliphatic heterocycles. The molecule has 2 heterocycles. The Morgan fingerprint density at radius 3 is 2.43 bits per heavy atom. The van der Waals surface area contributed by atoms with E-state index in [-0.39, 0.29) is 33.2 Å². The molecule has 0 saturated heterocycles. The van der Waals surface area contributed by atoms with Gasteiger partial charge in [-0.3, -0.25) is 0 Å². The van der Waals surface area contributed by atoms with Crippen LogP contribution in [0.25, 0.3) is 23.0 Å². The van der Waals surface area contributed by atoms with E-state index in [9.17, 15) is 5.26 Å². The summed E-state index contributed by atoms with van der Waals surface area (Å²) in [5.74, 6) is 0.0977. The number of nitrogens with zero attached hydrogens (tertiary/aromatic N) is 5. The van der Waals surface area contributed by atoms with Gasteiger partial charge >= 0.3 is 0 Å². The zero-order chi connectivity index (χ0) is 33.2. The first-order valence-corrected chi connectivity index (χ1v) is 17.7. The smallest absolute Gasteiger partial charge is 0.198 e. The molecule has 0 radical (unpaired) electrons. The van der Waals surface area contributed by atoms with Crippen molar-refractivity contribution < 1.29 is 17.9 Å². The van der Waals surface area contributed by atoms with E-state index in [4.69, 9.17) is 24.2 Å². The monoisotopic (exact) mass is 638 g/mol. The molecule has 46 heavy (non-hydrogen) atoms. The van der Waals surface area contributed by atoms with Crippen molar-refractivity contribution in [2.75, 3.05) is 12.4 Å². The maximum absolute atomic E-state index is 15.7. The van der Waals surface area contributed by atoms with Crippen molar-refractivity contribution in [1.29, 1.82) is 5.26 Å². The zero-order valence-corrected chi connectivity index (χ0v) is 27.7. The van der Waals surface area contributed by atoms with Crippen LogP contribution >= 0.6 is 0 Å². The molecule has 0 fully saturated rings. The van der Waals surface area contributed by atoms with E-state index in [1.165, 1.54) is 16.6 Å². The van der Waals surface area contributed by atoms with Gasteiger partial charge in [0.15, 0.2) is 25.6 Å².